The predicted octanol–water partition coefficient (Wildman–Crippen LogP) is 2.84. The van der Waals surface area contributed by atoms with Gasteiger partial charge in [0, 0.05) is 11.1 Å². The summed E-state index contributed by atoms with van der Waals surface area (Å²) < 4.78 is 32.3. The van der Waals surface area contributed by atoms with Gasteiger partial charge in [0.2, 0.25) is 0 Å². The Morgan fingerprint density at radius 3 is 2.65 bits per heavy atom. The van der Waals surface area contributed by atoms with E-state index in [0.717, 1.165) is 0 Å². The van der Waals surface area contributed by atoms with E-state index >= 15 is 0 Å². The van der Waals surface area contributed by atoms with Gasteiger partial charge in [-0.25, -0.2) is 8.42 Å². The molecule has 2 N–H and O–H groups in total. The van der Waals surface area contributed by atoms with Gasteiger partial charge in [0.1, 0.15) is 23.0 Å². The first-order valence-corrected chi connectivity index (χ1v) is 7.69. The molecule has 0 aliphatic rings. The number of hydrogen-bond acceptors (Lipinski definition) is 4. The minimum atomic E-state index is -3.79. The minimum Gasteiger partial charge on any atom is -0.462 e. The van der Waals surface area contributed by atoms with Crippen LogP contribution in [0.3, 0.4) is 0 Å². The maximum atomic E-state index is 12.3. The molecule has 0 amide bonds. The highest BCUT2D eigenvalue weighted by Gasteiger charge is 2.22. The lowest BCUT2D eigenvalue weighted by atomic mass is 10.2. The normalized spacial score (nSPS) is 11.6. The molecule has 5 nitrogen and oxygen atoms in total. The molecule has 0 spiro atoms. The van der Waals surface area contributed by atoms with Crippen LogP contribution >= 0.6 is 11.6 Å². The van der Waals surface area contributed by atoms with Crippen molar-refractivity contribution >= 4 is 27.3 Å². The Morgan fingerprint density at radius 2 is 2.05 bits per heavy atom. The van der Waals surface area contributed by atoms with Crippen molar-refractivity contribution in [1.29, 1.82) is 0 Å². The third kappa shape index (κ3) is 2.82. The zero-order valence-corrected chi connectivity index (χ0v) is 12.5. The third-order valence-corrected chi connectivity index (χ3v) is 4.76. The van der Waals surface area contributed by atoms with Crippen LogP contribution in [-0.4, -0.2) is 13.5 Å². The van der Waals surface area contributed by atoms with Gasteiger partial charge in [-0.15, -0.1) is 0 Å². The third-order valence-electron chi connectivity index (χ3n) is 2.88. The number of anilines is 1. The van der Waals surface area contributed by atoms with Gasteiger partial charge in [0.15, 0.2) is 0 Å². The number of rotatable bonds is 4. The minimum absolute atomic E-state index is 0.000857. The molecule has 0 aliphatic heterocycles. The van der Waals surface area contributed by atoms with E-state index in [1.165, 1.54) is 13.0 Å². The molecule has 2 rings (SSSR count). The van der Waals surface area contributed by atoms with E-state index < -0.39 is 10.0 Å². The Morgan fingerprint density at radius 1 is 1.35 bits per heavy atom. The largest absolute Gasteiger partial charge is 0.462 e. The van der Waals surface area contributed by atoms with Gasteiger partial charge in [-0.05, 0) is 31.5 Å². The van der Waals surface area contributed by atoms with E-state index in [9.17, 15) is 8.42 Å². The Labute approximate surface area is 122 Å². The SMILES string of the molecule is Cc1oc(CO)cc1S(=O)(=O)Nc1cccc(Cl)c1C. The smallest absolute Gasteiger partial charge is 0.265 e. The number of benzene rings is 1. The predicted molar refractivity (Wildman–Crippen MR) is 76.4 cm³/mol. The molecule has 0 atom stereocenters. The van der Waals surface area contributed by atoms with Crippen molar-refractivity contribution in [1.82, 2.24) is 0 Å². The topological polar surface area (TPSA) is 79.5 Å². The van der Waals surface area contributed by atoms with Gasteiger partial charge >= 0.3 is 0 Å². The summed E-state index contributed by atoms with van der Waals surface area (Å²) in [6.45, 7) is 2.90. The summed E-state index contributed by atoms with van der Waals surface area (Å²) in [7, 11) is -3.79. The molecule has 0 radical (unpaired) electrons. The fourth-order valence-corrected chi connectivity index (χ4v) is 3.29. The van der Waals surface area contributed by atoms with Crippen LogP contribution in [0.2, 0.25) is 5.02 Å². The van der Waals surface area contributed by atoms with Crippen molar-refractivity contribution in [2.45, 2.75) is 25.3 Å². The molecular weight excluding hydrogens is 302 g/mol. The Balaban J connectivity index is 2.40. The number of nitrogens with one attached hydrogen (secondary N) is 1. The number of aliphatic hydroxyl groups excluding tert-OH is 1. The van der Waals surface area contributed by atoms with Crippen molar-refractivity contribution in [3.05, 3.63) is 46.4 Å². The van der Waals surface area contributed by atoms with Crippen LogP contribution in [0, 0.1) is 13.8 Å². The maximum absolute atomic E-state index is 12.3. The number of aliphatic hydroxyl groups is 1. The molecule has 0 saturated carbocycles. The van der Waals surface area contributed by atoms with Crippen LogP contribution in [0.15, 0.2) is 33.6 Å². The second kappa shape index (κ2) is 5.47. The summed E-state index contributed by atoms with van der Waals surface area (Å²) >= 11 is 5.96. The number of aryl methyl sites for hydroxylation is 1. The second-order valence-electron chi connectivity index (χ2n) is 4.31. The van der Waals surface area contributed by atoms with E-state index in [0.29, 0.717) is 16.3 Å². The van der Waals surface area contributed by atoms with E-state index in [1.807, 2.05) is 0 Å². The lowest BCUT2D eigenvalue weighted by molar-refractivity contribution is 0.245. The number of sulfonamides is 1. The first-order valence-electron chi connectivity index (χ1n) is 5.83. The summed E-state index contributed by atoms with van der Waals surface area (Å²) in [5.74, 6) is 0.423. The zero-order valence-electron chi connectivity index (χ0n) is 11.0. The Hall–Kier alpha value is -1.50. The average molecular weight is 316 g/mol. The molecule has 0 fully saturated rings. The fourth-order valence-electron chi connectivity index (χ4n) is 1.79. The molecule has 0 aliphatic carbocycles. The molecule has 1 aromatic carbocycles. The van der Waals surface area contributed by atoms with Crippen LogP contribution in [-0.2, 0) is 16.6 Å². The summed E-state index contributed by atoms with van der Waals surface area (Å²) in [4.78, 5) is 0.000857. The number of hydrogen-bond donors (Lipinski definition) is 2. The van der Waals surface area contributed by atoms with E-state index in [1.54, 1.807) is 25.1 Å². The molecular formula is C13H14ClNO4S. The van der Waals surface area contributed by atoms with E-state index in [-0.39, 0.29) is 23.0 Å². The molecule has 2 aromatic rings. The van der Waals surface area contributed by atoms with Crippen molar-refractivity contribution < 1.29 is 17.9 Å². The van der Waals surface area contributed by atoms with Crippen molar-refractivity contribution in [2.75, 3.05) is 4.72 Å². The van der Waals surface area contributed by atoms with Crippen LogP contribution in [0.4, 0.5) is 5.69 Å². The summed E-state index contributed by atoms with van der Waals surface area (Å²) in [5, 5.41) is 9.46. The monoisotopic (exact) mass is 315 g/mol. The van der Waals surface area contributed by atoms with Crippen LogP contribution in [0.1, 0.15) is 17.1 Å². The quantitative estimate of drug-likeness (QED) is 0.909. The standard InChI is InChI=1S/C13H14ClNO4S/c1-8-11(14)4-3-5-12(8)15-20(17,18)13-6-10(7-16)19-9(13)2/h3-6,15-16H,7H2,1-2H3. The average Bonchev–Trinajstić information content (AvgIpc) is 2.77. The molecule has 108 valence electrons. The van der Waals surface area contributed by atoms with Gasteiger partial charge in [-0.3, -0.25) is 4.72 Å². The maximum Gasteiger partial charge on any atom is 0.265 e. The van der Waals surface area contributed by atoms with Crippen molar-refractivity contribution in [3.63, 3.8) is 0 Å². The molecule has 1 heterocycles. The van der Waals surface area contributed by atoms with Crippen LogP contribution in [0.25, 0.3) is 0 Å². The zero-order chi connectivity index (χ0) is 14.9. The fraction of sp³-hybridized carbons (Fsp3) is 0.231. The molecule has 0 unspecified atom stereocenters. The number of furan rings is 1. The highest BCUT2D eigenvalue weighted by molar-refractivity contribution is 7.92. The van der Waals surface area contributed by atoms with Gasteiger partial charge in [0.05, 0.1) is 5.69 Å². The molecule has 0 bridgehead atoms. The van der Waals surface area contributed by atoms with E-state index in [2.05, 4.69) is 4.72 Å². The molecule has 7 heteroatoms. The van der Waals surface area contributed by atoms with Gasteiger partial charge < -0.3 is 9.52 Å². The highest BCUT2D eigenvalue weighted by Crippen LogP contribution is 2.27. The summed E-state index contributed by atoms with van der Waals surface area (Å²) in [6.07, 6.45) is 0. The molecule has 1 aromatic heterocycles. The number of halogens is 1. The lowest BCUT2D eigenvalue weighted by Gasteiger charge is -2.10. The second-order valence-corrected chi connectivity index (χ2v) is 6.37. The summed E-state index contributed by atoms with van der Waals surface area (Å²) in [5.41, 5.74) is 1.05. The van der Waals surface area contributed by atoms with Crippen LogP contribution < -0.4 is 4.72 Å². The summed E-state index contributed by atoms with van der Waals surface area (Å²) in [6, 6.07) is 6.27. The first kappa shape index (κ1) is 14.9. The Kier molecular flexibility index (Phi) is 4.08. The van der Waals surface area contributed by atoms with Crippen LogP contribution in [0.5, 0.6) is 0 Å². The lowest BCUT2D eigenvalue weighted by Crippen LogP contribution is -2.14. The molecule has 0 saturated heterocycles. The van der Waals surface area contributed by atoms with Crippen molar-refractivity contribution in [3.8, 4) is 0 Å². The molecule has 20 heavy (non-hydrogen) atoms. The van der Waals surface area contributed by atoms with Gasteiger partial charge in [0.25, 0.3) is 10.0 Å². The van der Waals surface area contributed by atoms with E-state index in [4.69, 9.17) is 21.1 Å². The first-order chi connectivity index (χ1) is 9.35. The van der Waals surface area contributed by atoms with Crippen molar-refractivity contribution in [2.24, 2.45) is 0 Å². The Bertz CT molecular complexity index is 737. The van der Waals surface area contributed by atoms with Gasteiger partial charge in [-0.2, -0.15) is 0 Å². The van der Waals surface area contributed by atoms with Gasteiger partial charge in [-0.1, -0.05) is 17.7 Å². The highest BCUT2D eigenvalue weighted by atomic mass is 35.5.